The van der Waals surface area contributed by atoms with E-state index in [1.54, 1.807) is 23.1 Å². The molecule has 0 radical (unpaired) electrons. The van der Waals surface area contributed by atoms with Crippen LogP contribution in [0, 0.1) is 17.1 Å². The van der Waals surface area contributed by atoms with Crippen LogP contribution in [-0.2, 0) is 15.1 Å². The SMILES string of the molecule is C[C@@]1(c2cccc(Nc3ccc(F)cc3C#N)c2Cl)CC(=O)N(C2CCOCC2)C(N)=N1. The van der Waals surface area contributed by atoms with Gasteiger partial charge in [-0.2, -0.15) is 5.26 Å². The molecule has 1 saturated heterocycles. The molecule has 0 spiro atoms. The van der Waals surface area contributed by atoms with Gasteiger partial charge in [0.15, 0.2) is 5.96 Å². The number of rotatable bonds is 4. The normalized spacial score (nSPS) is 21.8. The summed E-state index contributed by atoms with van der Waals surface area (Å²) in [6.45, 7) is 3.00. The summed E-state index contributed by atoms with van der Waals surface area (Å²) in [6.07, 6.45) is 1.56. The van der Waals surface area contributed by atoms with E-state index in [2.05, 4.69) is 5.32 Å². The zero-order valence-electron chi connectivity index (χ0n) is 17.6. The third kappa shape index (κ3) is 4.14. The highest BCUT2D eigenvalue weighted by Gasteiger charge is 2.41. The van der Waals surface area contributed by atoms with E-state index in [1.165, 1.54) is 12.1 Å². The standard InChI is InChI=1S/C23H23ClFN5O2/c1-23(12-20(31)30(22(27)29-23)16-7-9-32-10-8-16)17-3-2-4-19(21(17)24)28-18-6-5-15(25)11-14(18)13-26/h2-6,11,16,28H,7-10,12H2,1H3,(H2,27,29)/t23-/m0/s1. The van der Waals surface area contributed by atoms with Crippen molar-refractivity contribution < 1.29 is 13.9 Å². The second-order valence-corrected chi connectivity index (χ2v) is 8.50. The monoisotopic (exact) mass is 455 g/mol. The number of carbonyl (C=O) groups is 1. The Bertz CT molecular complexity index is 1130. The molecule has 2 heterocycles. The maximum absolute atomic E-state index is 13.5. The number of nitrogens with zero attached hydrogens (tertiary/aromatic N) is 3. The van der Waals surface area contributed by atoms with Crippen LogP contribution in [0.25, 0.3) is 0 Å². The molecule has 0 aliphatic carbocycles. The molecule has 3 N–H and O–H groups in total. The van der Waals surface area contributed by atoms with Crippen molar-refractivity contribution in [2.75, 3.05) is 18.5 Å². The minimum absolute atomic E-state index is 0.0177. The predicted molar refractivity (Wildman–Crippen MR) is 120 cm³/mol. The summed E-state index contributed by atoms with van der Waals surface area (Å²) in [5.74, 6) is -0.430. The summed E-state index contributed by atoms with van der Waals surface area (Å²) >= 11 is 6.72. The Morgan fingerprint density at radius 3 is 2.75 bits per heavy atom. The fourth-order valence-electron chi connectivity index (χ4n) is 4.25. The number of ether oxygens (including phenoxy) is 1. The zero-order valence-corrected chi connectivity index (χ0v) is 18.3. The Labute approximate surface area is 190 Å². The highest BCUT2D eigenvalue weighted by Crippen LogP contribution is 2.41. The zero-order chi connectivity index (χ0) is 22.9. The Kier molecular flexibility index (Phi) is 6.04. The maximum atomic E-state index is 13.5. The molecule has 1 fully saturated rings. The van der Waals surface area contributed by atoms with Crippen molar-refractivity contribution >= 4 is 34.8 Å². The molecule has 32 heavy (non-hydrogen) atoms. The van der Waals surface area contributed by atoms with Gasteiger partial charge in [0.25, 0.3) is 0 Å². The van der Waals surface area contributed by atoms with Gasteiger partial charge < -0.3 is 15.8 Å². The lowest BCUT2D eigenvalue weighted by atomic mass is 9.86. The van der Waals surface area contributed by atoms with E-state index in [0.29, 0.717) is 35.2 Å². The molecule has 1 atom stereocenters. The fourth-order valence-corrected chi connectivity index (χ4v) is 4.63. The minimum Gasteiger partial charge on any atom is -0.381 e. The number of anilines is 2. The Hall–Kier alpha value is -3.15. The smallest absolute Gasteiger partial charge is 0.232 e. The third-order valence-electron chi connectivity index (χ3n) is 5.88. The molecule has 0 aromatic heterocycles. The number of benzene rings is 2. The van der Waals surface area contributed by atoms with Gasteiger partial charge in [-0.1, -0.05) is 23.7 Å². The highest BCUT2D eigenvalue weighted by molar-refractivity contribution is 6.34. The summed E-state index contributed by atoms with van der Waals surface area (Å²) in [5, 5.41) is 12.8. The van der Waals surface area contributed by atoms with Crippen molar-refractivity contribution in [3.8, 4) is 6.07 Å². The van der Waals surface area contributed by atoms with E-state index in [4.69, 9.17) is 27.1 Å². The highest BCUT2D eigenvalue weighted by atomic mass is 35.5. The molecule has 2 aromatic carbocycles. The molecule has 2 aromatic rings. The van der Waals surface area contributed by atoms with Crippen LogP contribution in [0.1, 0.15) is 37.3 Å². The van der Waals surface area contributed by atoms with Gasteiger partial charge in [0.2, 0.25) is 5.91 Å². The Morgan fingerprint density at radius 2 is 2.06 bits per heavy atom. The number of hydrogen-bond acceptors (Lipinski definition) is 6. The predicted octanol–water partition coefficient (Wildman–Crippen LogP) is 4.04. The molecular weight excluding hydrogens is 433 g/mol. The summed E-state index contributed by atoms with van der Waals surface area (Å²) in [4.78, 5) is 19.4. The molecule has 2 aliphatic rings. The molecule has 0 saturated carbocycles. The van der Waals surface area contributed by atoms with Crippen LogP contribution in [0.5, 0.6) is 0 Å². The first-order valence-electron chi connectivity index (χ1n) is 10.3. The number of nitriles is 1. The van der Waals surface area contributed by atoms with E-state index in [0.717, 1.165) is 18.9 Å². The second kappa shape index (κ2) is 8.77. The summed E-state index contributed by atoms with van der Waals surface area (Å²) in [7, 11) is 0. The first kappa shape index (κ1) is 22.1. The van der Waals surface area contributed by atoms with Gasteiger partial charge in [-0.3, -0.25) is 9.69 Å². The number of carbonyl (C=O) groups excluding carboxylic acids is 1. The van der Waals surface area contributed by atoms with Gasteiger partial charge in [0.05, 0.1) is 33.9 Å². The molecule has 2 aliphatic heterocycles. The number of amides is 1. The van der Waals surface area contributed by atoms with E-state index in [-0.39, 0.29) is 29.9 Å². The van der Waals surface area contributed by atoms with Crippen molar-refractivity contribution in [3.63, 3.8) is 0 Å². The van der Waals surface area contributed by atoms with Crippen molar-refractivity contribution in [2.45, 2.75) is 37.8 Å². The van der Waals surface area contributed by atoms with Gasteiger partial charge in [0.1, 0.15) is 11.9 Å². The fraction of sp³-hybridized carbons (Fsp3) is 0.348. The van der Waals surface area contributed by atoms with Crippen LogP contribution in [0.2, 0.25) is 5.02 Å². The van der Waals surface area contributed by atoms with Crippen molar-refractivity contribution in [3.05, 3.63) is 58.4 Å². The summed E-state index contributed by atoms with van der Waals surface area (Å²) in [6, 6.07) is 11.2. The van der Waals surface area contributed by atoms with Crippen LogP contribution in [0.4, 0.5) is 15.8 Å². The number of halogens is 2. The maximum Gasteiger partial charge on any atom is 0.232 e. The van der Waals surface area contributed by atoms with E-state index in [1.807, 2.05) is 13.0 Å². The van der Waals surface area contributed by atoms with Crippen LogP contribution in [0.15, 0.2) is 41.4 Å². The van der Waals surface area contributed by atoms with Crippen LogP contribution in [-0.4, -0.2) is 36.0 Å². The van der Waals surface area contributed by atoms with Crippen LogP contribution >= 0.6 is 11.6 Å². The summed E-state index contributed by atoms with van der Waals surface area (Å²) < 4.78 is 18.9. The number of nitrogens with one attached hydrogen (secondary N) is 1. The largest absolute Gasteiger partial charge is 0.381 e. The number of guanidine groups is 1. The molecule has 9 heteroatoms. The number of aliphatic imine (C=N–C) groups is 1. The third-order valence-corrected chi connectivity index (χ3v) is 6.29. The molecule has 1 amide bonds. The first-order valence-corrected chi connectivity index (χ1v) is 10.7. The lowest BCUT2D eigenvalue weighted by molar-refractivity contribution is -0.132. The quantitative estimate of drug-likeness (QED) is 0.724. The Morgan fingerprint density at radius 1 is 1.31 bits per heavy atom. The molecule has 4 rings (SSSR count). The van der Waals surface area contributed by atoms with E-state index < -0.39 is 11.4 Å². The molecular formula is C23H23ClFN5O2. The molecule has 0 unspecified atom stereocenters. The molecule has 7 nitrogen and oxygen atoms in total. The Balaban J connectivity index is 1.66. The van der Waals surface area contributed by atoms with Gasteiger partial charge in [-0.25, -0.2) is 9.38 Å². The second-order valence-electron chi connectivity index (χ2n) is 8.12. The van der Waals surface area contributed by atoms with E-state index in [9.17, 15) is 14.4 Å². The first-order chi connectivity index (χ1) is 15.3. The summed E-state index contributed by atoms with van der Waals surface area (Å²) in [5.41, 5.74) is 7.04. The molecule has 166 valence electrons. The van der Waals surface area contributed by atoms with Crippen molar-refractivity contribution in [2.24, 2.45) is 10.7 Å². The van der Waals surface area contributed by atoms with Gasteiger partial charge >= 0.3 is 0 Å². The lowest BCUT2D eigenvalue weighted by Gasteiger charge is -2.40. The number of hydrogen-bond donors (Lipinski definition) is 2. The van der Waals surface area contributed by atoms with Gasteiger partial charge in [0, 0.05) is 24.8 Å². The lowest BCUT2D eigenvalue weighted by Crippen LogP contribution is -2.55. The van der Waals surface area contributed by atoms with Gasteiger partial charge in [-0.05, 0) is 44.0 Å². The average molecular weight is 456 g/mol. The minimum atomic E-state index is -0.946. The van der Waals surface area contributed by atoms with Crippen molar-refractivity contribution in [1.82, 2.24) is 4.90 Å². The van der Waals surface area contributed by atoms with Gasteiger partial charge in [-0.15, -0.1) is 0 Å². The number of nitrogens with two attached hydrogens (primary N) is 1. The van der Waals surface area contributed by atoms with E-state index >= 15 is 0 Å². The topological polar surface area (TPSA) is 104 Å². The van der Waals surface area contributed by atoms with Crippen LogP contribution in [0.3, 0.4) is 0 Å². The van der Waals surface area contributed by atoms with Crippen LogP contribution < -0.4 is 11.1 Å². The molecule has 0 bridgehead atoms. The average Bonchev–Trinajstić information content (AvgIpc) is 2.76. The van der Waals surface area contributed by atoms with Crippen molar-refractivity contribution in [1.29, 1.82) is 5.26 Å².